The molecule has 0 spiro atoms. The molecule has 7 heteroatoms. The van der Waals surface area contributed by atoms with Gasteiger partial charge < -0.3 is 15.8 Å². The molecule has 3 heterocycles. The number of nitrogens with zero attached hydrogens (tertiary/aromatic N) is 3. The highest BCUT2D eigenvalue weighted by molar-refractivity contribution is 6.03. The van der Waals surface area contributed by atoms with E-state index in [0.717, 1.165) is 5.39 Å². The summed E-state index contributed by atoms with van der Waals surface area (Å²) >= 11 is 0. The van der Waals surface area contributed by atoms with Gasteiger partial charge in [-0.1, -0.05) is 6.07 Å². The average Bonchev–Trinajstić information content (AvgIpc) is 2.60. The molecule has 0 atom stereocenters. The van der Waals surface area contributed by atoms with E-state index in [2.05, 4.69) is 20.3 Å². The Morgan fingerprint density at radius 3 is 3.00 bits per heavy atom. The number of pyridine rings is 3. The molecule has 0 aliphatic carbocycles. The summed E-state index contributed by atoms with van der Waals surface area (Å²) in [5, 5.41) is 3.62. The van der Waals surface area contributed by atoms with Gasteiger partial charge >= 0.3 is 0 Å². The molecule has 0 fully saturated rings. The van der Waals surface area contributed by atoms with Crippen LogP contribution >= 0.6 is 0 Å². The minimum atomic E-state index is -0.348. The summed E-state index contributed by atoms with van der Waals surface area (Å²) in [6.45, 7) is 0.815. The highest BCUT2D eigenvalue weighted by Gasteiger charge is 2.10. The van der Waals surface area contributed by atoms with Crippen molar-refractivity contribution in [1.29, 1.82) is 0 Å². The second kappa shape index (κ2) is 6.80. The molecule has 3 N–H and O–H groups in total. The number of amides is 1. The Hall–Kier alpha value is -3.06. The minimum absolute atomic E-state index is 0.292. The van der Waals surface area contributed by atoms with E-state index in [4.69, 9.17) is 10.5 Å². The highest BCUT2D eigenvalue weighted by atomic mass is 16.5. The Balaban J connectivity index is 1.77. The van der Waals surface area contributed by atoms with Crippen LogP contribution in [0.2, 0.25) is 0 Å². The molecule has 1 amide bonds. The number of rotatable bonds is 5. The second-order valence-corrected chi connectivity index (χ2v) is 4.73. The Morgan fingerprint density at radius 2 is 2.13 bits per heavy atom. The van der Waals surface area contributed by atoms with E-state index in [1.54, 1.807) is 36.8 Å². The van der Waals surface area contributed by atoms with Crippen LogP contribution in [0, 0.1) is 0 Å². The first kappa shape index (κ1) is 14.9. The number of fused-ring (bicyclic) bond motifs is 1. The molecule has 3 aromatic rings. The van der Waals surface area contributed by atoms with Crippen molar-refractivity contribution >= 4 is 22.6 Å². The Kier molecular flexibility index (Phi) is 4.39. The van der Waals surface area contributed by atoms with E-state index in [1.807, 2.05) is 12.1 Å². The van der Waals surface area contributed by atoms with Crippen LogP contribution in [0.3, 0.4) is 0 Å². The van der Waals surface area contributed by atoms with Crippen molar-refractivity contribution in [3.8, 4) is 5.75 Å². The summed E-state index contributed by atoms with van der Waals surface area (Å²) in [7, 11) is 0. The molecule has 116 valence electrons. The van der Waals surface area contributed by atoms with Crippen molar-refractivity contribution in [3.63, 3.8) is 0 Å². The molecule has 3 rings (SSSR count). The third-order valence-corrected chi connectivity index (χ3v) is 3.09. The molecule has 0 bridgehead atoms. The molecule has 0 saturated carbocycles. The number of nitrogens with one attached hydrogen (secondary N) is 1. The van der Waals surface area contributed by atoms with Crippen LogP contribution in [0.5, 0.6) is 5.75 Å². The van der Waals surface area contributed by atoms with Crippen LogP contribution in [-0.4, -0.2) is 34.0 Å². The maximum atomic E-state index is 12.3. The minimum Gasteiger partial charge on any atom is -0.492 e. The first-order chi connectivity index (χ1) is 11.3. The maximum absolute atomic E-state index is 12.3. The van der Waals surface area contributed by atoms with Crippen molar-refractivity contribution in [2.45, 2.75) is 0 Å². The standard InChI is InChI=1S/C16H15N5O2/c17-5-8-23-12-4-7-19-15(9-12)21-16(22)13-2-1-11-3-6-18-10-14(11)20-13/h1-4,6-7,9-10H,5,8,17H2,(H,19,21,22). The number of hydrogen-bond donors (Lipinski definition) is 2. The van der Waals surface area contributed by atoms with Gasteiger partial charge in [0.25, 0.3) is 5.91 Å². The predicted octanol–water partition coefficient (Wildman–Crippen LogP) is 1.61. The molecular formula is C16H15N5O2. The topological polar surface area (TPSA) is 103 Å². The summed E-state index contributed by atoms with van der Waals surface area (Å²) < 4.78 is 5.40. The summed E-state index contributed by atoms with van der Waals surface area (Å²) in [4.78, 5) is 24.7. The lowest BCUT2D eigenvalue weighted by molar-refractivity contribution is 0.102. The van der Waals surface area contributed by atoms with Gasteiger partial charge in [0.1, 0.15) is 23.9 Å². The largest absolute Gasteiger partial charge is 0.492 e. The Morgan fingerprint density at radius 1 is 1.22 bits per heavy atom. The number of aromatic nitrogens is 3. The van der Waals surface area contributed by atoms with E-state index in [0.29, 0.717) is 35.9 Å². The van der Waals surface area contributed by atoms with Crippen LogP contribution in [0.1, 0.15) is 10.5 Å². The summed E-state index contributed by atoms with van der Waals surface area (Å²) in [6.07, 6.45) is 4.85. The molecular weight excluding hydrogens is 294 g/mol. The molecule has 0 aromatic carbocycles. The fourth-order valence-electron chi connectivity index (χ4n) is 2.02. The van der Waals surface area contributed by atoms with Crippen molar-refractivity contribution in [2.24, 2.45) is 5.73 Å². The quantitative estimate of drug-likeness (QED) is 0.742. The zero-order valence-electron chi connectivity index (χ0n) is 12.3. The van der Waals surface area contributed by atoms with Gasteiger partial charge in [-0.2, -0.15) is 0 Å². The Labute approximate surface area is 132 Å². The number of ether oxygens (including phenoxy) is 1. The molecule has 7 nitrogen and oxygen atoms in total. The first-order valence-corrected chi connectivity index (χ1v) is 7.07. The van der Waals surface area contributed by atoms with Gasteiger partial charge in [0.2, 0.25) is 0 Å². The second-order valence-electron chi connectivity index (χ2n) is 4.73. The number of nitrogens with two attached hydrogens (primary N) is 1. The molecule has 0 radical (unpaired) electrons. The van der Waals surface area contributed by atoms with Gasteiger partial charge in [-0.15, -0.1) is 0 Å². The van der Waals surface area contributed by atoms with Crippen LogP contribution in [-0.2, 0) is 0 Å². The molecule has 0 unspecified atom stereocenters. The Bertz CT molecular complexity index is 837. The number of carbonyl (C=O) groups excluding carboxylic acids is 1. The fourth-order valence-corrected chi connectivity index (χ4v) is 2.02. The van der Waals surface area contributed by atoms with Gasteiger partial charge in [0.05, 0.1) is 11.7 Å². The molecule has 0 aliphatic heterocycles. The normalized spacial score (nSPS) is 10.5. The highest BCUT2D eigenvalue weighted by Crippen LogP contribution is 2.16. The van der Waals surface area contributed by atoms with Crippen LogP contribution in [0.15, 0.2) is 48.9 Å². The molecule has 0 aliphatic rings. The number of hydrogen-bond acceptors (Lipinski definition) is 6. The maximum Gasteiger partial charge on any atom is 0.275 e. The number of carbonyl (C=O) groups is 1. The van der Waals surface area contributed by atoms with Gasteiger partial charge in [0.15, 0.2) is 0 Å². The molecule has 23 heavy (non-hydrogen) atoms. The van der Waals surface area contributed by atoms with Gasteiger partial charge in [0, 0.05) is 30.4 Å². The van der Waals surface area contributed by atoms with Crippen LogP contribution in [0.4, 0.5) is 5.82 Å². The van der Waals surface area contributed by atoms with Crippen molar-refractivity contribution in [1.82, 2.24) is 15.0 Å². The summed E-state index contributed by atoms with van der Waals surface area (Å²) in [5.41, 5.74) is 6.35. The zero-order valence-corrected chi connectivity index (χ0v) is 12.3. The lowest BCUT2D eigenvalue weighted by atomic mass is 10.2. The van der Waals surface area contributed by atoms with E-state index < -0.39 is 0 Å². The average molecular weight is 309 g/mol. The molecule has 0 saturated heterocycles. The predicted molar refractivity (Wildman–Crippen MR) is 86.3 cm³/mol. The smallest absolute Gasteiger partial charge is 0.275 e. The third-order valence-electron chi connectivity index (χ3n) is 3.09. The van der Waals surface area contributed by atoms with Gasteiger partial charge in [-0.05, 0) is 18.2 Å². The van der Waals surface area contributed by atoms with E-state index in [9.17, 15) is 4.79 Å². The van der Waals surface area contributed by atoms with Crippen molar-refractivity contribution < 1.29 is 9.53 Å². The number of anilines is 1. The SMILES string of the molecule is NCCOc1ccnc(NC(=O)c2ccc3ccncc3n2)c1. The third kappa shape index (κ3) is 3.58. The van der Waals surface area contributed by atoms with Crippen LogP contribution in [0.25, 0.3) is 10.9 Å². The van der Waals surface area contributed by atoms with Crippen LogP contribution < -0.4 is 15.8 Å². The van der Waals surface area contributed by atoms with Crippen molar-refractivity contribution in [3.05, 3.63) is 54.6 Å². The zero-order chi connectivity index (χ0) is 16.1. The monoisotopic (exact) mass is 309 g/mol. The lowest BCUT2D eigenvalue weighted by Crippen LogP contribution is -2.15. The summed E-state index contributed by atoms with van der Waals surface area (Å²) in [5.74, 6) is 0.633. The summed E-state index contributed by atoms with van der Waals surface area (Å²) in [6, 6.07) is 8.66. The van der Waals surface area contributed by atoms with Crippen molar-refractivity contribution in [2.75, 3.05) is 18.5 Å². The van der Waals surface area contributed by atoms with E-state index in [1.165, 1.54) is 0 Å². The lowest BCUT2D eigenvalue weighted by Gasteiger charge is -2.07. The first-order valence-electron chi connectivity index (χ1n) is 7.07. The van der Waals surface area contributed by atoms with Gasteiger partial charge in [-0.25, -0.2) is 9.97 Å². The van der Waals surface area contributed by atoms with E-state index in [-0.39, 0.29) is 5.91 Å². The van der Waals surface area contributed by atoms with E-state index >= 15 is 0 Å². The molecule has 3 aromatic heterocycles. The fraction of sp³-hybridized carbons (Fsp3) is 0.125. The van der Waals surface area contributed by atoms with Gasteiger partial charge in [-0.3, -0.25) is 9.78 Å².